The Hall–Kier alpha value is -2.14. The number of halogens is 1. The molecule has 5 heteroatoms. The second-order valence-electron chi connectivity index (χ2n) is 4.05. The first-order chi connectivity index (χ1) is 9.22. The number of hydrogen-bond donors (Lipinski definition) is 2. The first-order valence-electron chi connectivity index (χ1n) is 5.95. The molecule has 1 heterocycles. The summed E-state index contributed by atoms with van der Waals surface area (Å²) in [6.45, 7) is 0.693. The van der Waals surface area contributed by atoms with E-state index >= 15 is 0 Å². The van der Waals surface area contributed by atoms with E-state index in [0.717, 1.165) is 5.56 Å². The van der Waals surface area contributed by atoms with Crippen LogP contribution >= 0.6 is 0 Å². The lowest BCUT2D eigenvalue weighted by molar-refractivity contribution is 0.398. The maximum absolute atomic E-state index is 13.7. The second kappa shape index (κ2) is 6.15. The molecular formula is C14H16FN3O. The molecule has 1 aromatic heterocycles. The molecule has 0 unspecified atom stereocenters. The summed E-state index contributed by atoms with van der Waals surface area (Å²) in [5, 5.41) is 3.05. The lowest BCUT2D eigenvalue weighted by atomic mass is 10.1. The van der Waals surface area contributed by atoms with Crippen molar-refractivity contribution in [2.45, 2.75) is 13.1 Å². The molecule has 0 radical (unpaired) electrons. The average molecular weight is 261 g/mol. The Morgan fingerprint density at radius 3 is 2.84 bits per heavy atom. The molecule has 0 aliphatic rings. The van der Waals surface area contributed by atoms with E-state index < -0.39 is 0 Å². The Labute approximate surface area is 111 Å². The molecule has 0 spiro atoms. The predicted molar refractivity (Wildman–Crippen MR) is 72.4 cm³/mol. The van der Waals surface area contributed by atoms with Crippen LogP contribution in [0.2, 0.25) is 0 Å². The third-order valence-corrected chi connectivity index (χ3v) is 2.75. The van der Waals surface area contributed by atoms with Crippen LogP contribution in [0.15, 0.2) is 36.4 Å². The first-order valence-corrected chi connectivity index (χ1v) is 5.95. The highest BCUT2D eigenvalue weighted by molar-refractivity contribution is 5.38. The number of hydrogen-bond acceptors (Lipinski definition) is 4. The monoisotopic (exact) mass is 261 g/mol. The van der Waals surface area contributed by atoms with Crippen molar-refractivity contribution in [2.24, 2.45) is 5.73 Å². The number of rotatable bonds is 5. The molecule has 2 rings (SSSR count). The number of nitrogens with two attached hydrogens (primary N) is 1. The Kier molecular flexibility index (Phi) is 4.30. The van der Waals surface area contributed by atoms with Gasteiger partial charge in [-0.3, -0.25) is 0 Å². The van der Waals surface area contributed by atoms with Gasteiger partial charge in [0.2, 0.25) is 5.88 Å². The molecule has 0 atom stereocenters. The number of aromatic nitrogens is 1. The van der Waals surface area contributed by atoms with E-state index in [9.17, 15) is 4.39 Å². The molecule has 1 aromatic carbocycles. The van der Waals surface area contributed by atoms with Gasteiger partial charge >= 0.3 is 0 Å². The summed E-state index contributed by atoms with van der Waals surface area (Å²) in [5.74, 6) is 0.893. The molecule has 0 amide bonds. The van der Waals surface area contributed by atoms with Crippen molar-refractivity contribution in [3.05, 3.63) is 53.3 Å². The first kappa shape index (κ1) is 13.3. The van der Waals surface area contributed by atoms with E-state index in [2.05, 4.69) is 10.3 Å². The van der Waals surface area contributed by atoms with Gasteiger partial charge in [0, 0.05) is 24.7 Å². The molecule has 0 fully saturated rings. The Bertz CT molecular complexity index is 560. The standard InChI is InChI=1S/C14H16FN3O/c1-19-14-4-2-3-13(18-14)17-9-11-6-5-10(8-16)7-12(11)15/h2-7H,8-9,16H2,1H3,(H,17,18). The maximum Gasteiger partial charge on any atom is 0.214 e. The lowest BCUT2D eigenvalue weighted by Crippen LogP contribution is -2.05. The molecule has 100 valence electrons. The molecule has 0 bridgehead atoms. The minimum atomic E-state index is -0.265. The summed E-state index contributed by atoms with van der Waals surface area (Å²) in [4.78, 5) is 4.19. The SMILES string of the molecule is COc1cccc(NCc2ccc(CN)cc2F)n1. The van der Waals surface area contributed by atoms with Gasteiger partial charge in [0.05, 0.1) is 7.11 Å². The van der Waals surface area contributed by atoms with Gasteiger partial charge in [0.15, 0.2) is 0 Å². The zero-order valence-electron chi connectivity index (χ0n) is 10.7. The molecule has 3 N–H and O–H groups in total. The molecule has 2 aromatic rings. The Balaban J connectivity index is 2.05. The van der Waals surface area contributed by atoms with Gasteiger partial charge in [-0.05, 0) is 17.7 Å². The highest BCUT2D eigenvalue weighted by atomic mass is 19.1. The van der Waals surface area contributed by atoms with Crippen molar-refractivity contribution in [1.29, 1.82) is 0 Å². The largest absolute Gasteiger partial charge is 0.481 e. The third kappa shape index (κ3) is 3.42. The van der Waals surface area contributed by atoms with E-state index in [1.165, 1.54) is 6.07 Å². The summed E-state index contributed by atoms with van der Waals surface area (Å²) in [6.07, 6.45) is 0. The molecular weight excluding hydrogens is 245 g/mol. The fraction of sp³-hybridized carbons (Fsp3) is 0.214. The van der Waals surface area contributed by atoms with Crippen molar-refractivity contribution in [1.82, 2.24) is 4.98 Å². The maximum atomic E-state index is 13.7. The van der Waals surface area contributed by atoms with Crippen LogP contribution in [0.4, 0.5) is 10.2 Å². The number of anilines is 1. The fourth-order valence-electron chi connectivity index (χ4n) is 1.67. The van der Waals surface area contributed by atoms with Gasteiger partial charge in [0.25, 0.3) is 0 Å². The molecule has 0 saturated carbocycles. The Morgan fingerprint density at radius 1 is 1.32 bits per heavy atom. The fourth-order valence-corrected chi connectivity index (χ4v) is 1.67. The lowest BCUT2D eigenvalue weighted by Gasteiger charge is -2.08. The summed E-state index contributed by atoms with van der Waals surface area (Å²) in [6, 6.07) is 10.4. The smallest absolute Gasteiger partial charge is 0.214 e. The number of methoxy groups -OCH3 is 1. The number of nitrogens with one attached hydrogen (secondary N) is 1. The number of pyridine rings is 1. The normalized spacial score (nSPS) is 10.3. The minimum absolute atomic E-state index is 0.265. The summed E-state index contributed by atoms with van der Waals surface area (Å²) < 4.78 is 18.8. The van der Waals surface area contributed by atoms with Crippen molar-refractivity contribution in [3.63, 3.8) is 0 Å². The molecule has 0 saturated heterocycles. The number of nitrogens with zero attached hydrogens (tertiary/aromatic N) is 1. The topological polar surface area (TPSA) is 60.2 Å². The van der Waals surface area contributed by atoms with Crippen molar-refractivity contribution in [2.75, 3.05) is 12.4 Å². The molecule has 19 heavy (non-hydrogen) atoms. The van der Waals surface area contributed by atoms with Crippen LogP contribution in [0.3, 0.4) is 0 Å². The van der Waals surface area contributed by atoms with Crippen molar-refractivity contribution in [3.8, 4) is 5.88 Å². The van der Waals surface area contributed by atoms with Gasteiger partial charge < -0.3 is 15.8 Å². The van der Waals surface area contributed by atoms with E-state index in [1.807, 2.05) is 12.1 Å². The zero-order valence-corrected chi connectivity index (χ0v) is 10.7. The highest BCUT2D eigenvalue weighted by Gasteiger charge is 2.04. The van der Waals surface area contributed by atoms with Crippen molar-refractivity contribution < 1.29 is 9.13 Å². The zero-order chi connectivity index (χ0) is 13.7. The van der Waals surface area contributed by atoms with Crippen molar-refractivity contribution >= 4 is 5.82 Å². The summed E-state index contributed by atoms with van der Waals surface area (Å²) >= 11 is 0. The van der Waals surface area contributed by atoms with Gasteiger partial charge in [-0.1, -0.05) is 18.2 Å². The number of benzene rings is 1. The molecule has 0 aliphatic heterocycles. The summed E-state index contributed by atoms with van der Waals surface area (Å²) in [7, 11) is 1.55. The van der Waals surface area contributed by atoms with Crippen LogP contribution < -0.4 is 15.8 Å². The third-order valence-electron chi connectivity index (χ3n) is 2.75. The van der Waals surface area contributed by atoms with Gasteiger partial charge in [-0.15, -0.1) is 0 Å². The molecule has 0 aliphatic carbocycles. The van der Waals surface area contributed by atoms with E-state index in [1.54, 1.807) is 25.3 Å². The average Bonchev–Trinajstić information content (AvgIpc) is 2.46. The van der Waals surface area contributed by atoms with Crippen LogP contribution in [0.25, 0.3) is 0 Å². The van der Waals surface area contributed by atoms with Gasteiger partial charge in [0.1, 0.15) is 11.6 Å². The van der Waals surface area contributed by atoms with Crippen LogP contribution in [0, 0.1) is 5.82 Å². The van der Waals surface area contributed by atoms with Crippen LogP contribution in [-0.2, 0) is 13.1 Å². The van der Waals surface area contributed by atoms with E-state index in [0.29, 0.717) is 30.4 Å². The van der Waals surface area contributed by atoms with Crippen LogP contribution in [-0.4, -0.2) is 12.1 Å². The van der Waals surface area contributed by atoms with E-state index in [4.69, 9.17) is 10.5 Å². The van der Waals surface area contributed by atoms with Gasteiger partial charge in [-0.25, -0.2) is 4.39 Å². The van der Waals surface area contributed by atoms with Crippen LogP contribution in [0.1, 0.15) is 11.1 Å². The second-order valence-corrected chi connectivity index (χ2v) is 4.05. The number of ether oxygens (including phenoxy) is 1. The van der Waals surface area contributed by atoms with Crippen LogP contribution in [0.5, 0.6) is 5.88 Å². The quantitative estimate of drug-likeness (QED) is 0.867. The van der Waals surface area contributed by atoms with Gasteiger partial charge in [-0.2, -0.15) is 4.98 Å². The van der Waals surface area contributed by atoms with E-state index in [-0.39, 0.29) is 5.82 Å². The Morgan fingerprint density at radius 2 is 2.16 bits per heavy atom. The highest BCUT2D eigenvalue weighted by Crippen LogP contribution is 2.14. The summed E-state index contributed by atoms with van der Waals surface area (Å²) in [5.41, 5.74) is 6.81. The molecule has 4 nitrogen and oxygen atoms in total. The minimum Gasteiger partial charge on any atom is -0.481 e. The predicted octanol–water partition coefficient (Wildman–Crippen LogP) is 2.30.